The summed E-state index contributed by atoms with van der Waals surface area (Å²) >= 11 is 4.93. The molecular formula is C16H24N2OS. The van der Waals surface area contributed by atoms with Crippen LogP contribution in [-0.4, -0.2) is 35.1 Å². The Labute approximate surface area is 127 Å². The number of nitrogens with zero attached hydrogens (tertiary/aromatic N) is 1. The number of rotatable bonds is 5. The number of benzene rings is 1. The first-order valence-corrected chi connectivity index (χ1v) is 7.77. The van der Waals surface area contributed by atoms with E-state index in [1.807, 2.05) is 24.3 Å². The van der Waals surface area contributed by atoms with Gasteiger partial charge in [0.25, 0.3) is 0 Å². The van der Waals surface area contributed by atoms with Crippen LogP contribution in [0.15, 0.2) is 24.3 Å². The second kappa shape index (κ2) is 7.04. The molecule has 2 rings (SSSR count). The monoisotopic (exact) mass is 292 g/mol. The van der Waals surface area contributed by atoms with Gasteiger partial charge in [-0.2, -0.15) is 0 Å². The number of hydrogen-bond acceptors (Lipinski definition) is 3. The van der Waals surface area contributed by atoms with Crippen molar-refractivity contribution in [1.29, 1.82) is 0 Å². The van der Waals surface area contributed by atoms with Gasteiger partial charge in [-0.25, -0.2) is 0 Å². The highest BCUT2D eigenvalue weighted by Crippen LogP contribution is 2.22. The van der Waals surface area contributed by atoms with Crippen molar-refractivity contribution in [2.24, 2.45) is 5.73 Å². The maximum Gasteiger partial charge on any atom is 0.119 e. The quantitative estimate of drug-likeness (QED) is 0.847. The van der Waals surface area contributed by atoms with Crippen LogP contribution in [0.2, 0.25) is 0 Å². The lowest BCUT2D eigenvalue weighted by atomic mass is 9.98. The third-order valence-corrected chi connectivity index (χ3v) is 4.37. The van der Waals surface area contributed by atoms with Crippen LogP contribution in [0.25, 0.3) is 0 Å². The van der Waals surface area contributed by atoms with Crippen LogP contribution in [0.3, 0.4) is 0 Å². The Hall–Kier alpha value is -1.13. The molecule has 0 spiro atoms. The maximum absolute atomic E-state index is 5.81. The molecule has 3 nitrogen and oxygen atoms in total. The van der Waals surface area contributed by atoms with E-state index in [1.54, 1.807) is 0 Å². The van der Waals surface area contributed by atoms with Crippen LogP contribution in [-0.2, 0) is 0 Å². The first-order valence-electron chi connectivity index (χ1n) is 7.36. The van der Waals surface area contributed by atoms with E-state index in [2.05, 4.69) is 18.7 Å². The van der Waals surface area contributed by atoms with E-state index in [0.29, 0.717) is 17.1 Å². The first kappa shape index (κ1) is 15.3. The highest BCUT2D eigenvalue weighted by atomic mass is 32.1. The van der Waals surface area contributed by atoms with Gasteiger partial charge in [0.15, 0.2) is 0 Å². The van der Waals surface area contributed by atoms with Crippen molar-refractivity contribution in [3.05, 3.63) is 29.8 Å². The lowest BCUT2D eigenvalue weighted by Gasteiger charge is -2.38. The summed E-state index contributed by atoms with van der Waals surface area (Å²) in [5, 5.41) is 0. The minimum atomic E-state index is 0.424. The molecule has 0 amide bonds. The molecule has 110 valence electrons. The second-order valence-electron chi connectivity index (χ2n) is 5.60. The molecule has 2 atom stereocenters. The van der Waals surface area contributed by atoms with E-state index in [1.165, 1.54) is 19.3 Å². The van der Waals surface area contributed by atoms with E-state index >= 15 is 0 Å². The predicted octanol–water partition coefficient (Wildman–Crippen LogP) is 2.96. The normalized spacial score (nSPS) is 23.5. The van der Waals surface area contributed by atoms with Crippen LogP contribution in [0, 0.1) is 0 Å². The zero-order valence-electron chi connectivity index (χ0n) is 12.3. The Morgan fingerprint density at radius 3 is 2.40 bits per heavy atom. The van der Waals surface area contributed by atoms with Crippen LogP contribution >= 0.6 is 12.2 Å². The number of thiocarbonyl (C=S) groups is 1. The molecule has 0 radical (unpaired) electrons. The molecule has 0 saturated carbocycles. The predicted molar refractivity (Wildman–Crippen MR) is 87.3 cm³/mol. The fourth-order valence-corrected chi connectivity index (χ4v) is 3.04. The minimum absolute atomic E-state index is 0.424. The third kappa shape index (κ3) is 3.93. The van der Waals surface area contributed by atoms with E-state index in [4.69, 9.17) is 22.7 Å². The van der Waals surface area contributed by atoms with Crippen molar-refractivity contribution in [3.63, 3.8) is 0 Å². The van der Waals surface area contributed by atoms with E-state index in [-0.39, 0.29) is 0 Å². The second-order valence-corrected chi connectivity index (χ2v) is 6.04. The Morgan fingerprint density at radius 1 is 1.25 bits per heavy atom. The standard InChI is InChI=1S/C16H24N2OS/c1-12-4-3-5-13(2)18(12)10-11-19-15-8-6-14(7-9-15)16(17)20/h6-9,12-13H,3-5,10-11H2,1-2H3,(H2,17,20)/t12-,13+. The van der Waals surface area contributed by atoms with E-state index in [9.17, 15) is 0 Å². The van der Waals surface area contributed by atoms with Gasteiger partial charge in [-0.05, 0) is 51.0 Å². The number of piperidine rings is 1. The molecule has 1 aromatic carbocycles. The molecule has 0 unspecified atom stereocenters. The van der Waals surface area contributed by atoms with Crippen molar-refractivity contribution >= 4 is 17.2 Å². The van der Waals surface area contributed by atoms with Gasteiger partial charge >= 0.3 is 0 Å². The largest absolute Gasteiger partial charge is 0.492 e. The lowest BCUT2D eigenvalue weighted by Crippen LogP contribution is -2.45. The fourth-order valence-electron chi connectivity index (χ4n) is 2.90. The minimum Gasteiger partial charge on any atom is -0.492 e. The lowest BCUT2D eigenvalue weighted by molar-refractivity contribution is 0.0851. The summed E-state index contributed by atoms with van der Waals surface area (Å²) in [7, 11) is 0. The summed E-state index contributed by atoms with van der Waals surface area (Å²) in [6.07, 6.45) is 3.94. The molecule has 1 heterocycles. The van der Waals surface area contributed by atoms with Crippen LogP contribution in [0.5, 0.6) is 5.75 Å². The van der Waals surface area contributed by atoms with Gasteiger partial charge in [0, 0.05) is 24.2 Å². The van der Waals surface area contributed by atoms with Crippen molar-refractivity contribution in [2.45, 2.75) is 45.2 Å². The average molecular weight is 292 g/mol. The van der Waals surface area contributed by atoms with Crippen LogP contribution in [0.1, 0.15) is 38.7 Å². The highest BCUT2D eigenvalue weighted by molar-refractivity contribution is 7.80. The van der Waals surface area contributed by atoms with Gasteiger partial charge in [0.05, 0.1) is 0 Å². The van der Waals surface area contributed by atoms with Crippen LogP contribution < -0.4 is 10.5 Å². The molecule has 4 heteroatoms. The average Bonchev–Trinajstić information content (AvgIpc) is 2.42. The summed E-state index contributed by atoms with van der Waals surface area (Å²) in [5.41, 5.74) is 6.46. The summed E-state index contributed by atoms with van der Waals surface area (Å²) in [4.78, 5) is 2.97. The Morgan fingerprint density at radius 2 is 1.85 bits per heavy atom. The van der Waals surface area contributed by atoms with Crippen molar-refractivity contribution < 1.29 is 4.74 Å². The van der Waals surface area contributed by atoms with Gasteiger partial charge in [0.1, 0.15) is 17.3 Å². The molecule has 0 aliphatic carbocycles. The number of likely N-dealkylation sites (tertiary alicyclic amines) is 1. The molecule has 1 aliphatic rings. The Kier molecular flexibility index (Phi) is 5.38. The van der Waals surface area contributed by atoms with Gasteiger partial charge in [-0.3, -0.25) is 4.90 Å². The van der Waals surface area contributed by atoms with Crippen molar-refractivity contribution in [1.82, 2.24) is 4.90 Å². The molecule has 20 heavy (non-hydrogen) atoms. The fraction of sp³-hybridized carbons (Fsp3) is 0.562. The molecule has 1 aliphatic heterocycles. The summed E-state index contributed by atoms with van der Waals surface area (Å²) in [5.74, 6) is 0.877. The van der Waals surface area contributed by atoms with Crippen molar-refractivity contribution in [2.75, 3.05) is 13.2 Å². The third-order valence-electron chi connectivity index (χ3n) is 4.13. The van der Waals surface area contributed by atoms with Gasteiger partial charge in [-0.1, -0.05) is 18.6 Å². The first-order chi connectivity index (χ1) is 9.58. The van der Waals surface area contributed by atoms with Gasteiger partial charge in [0.2, 0.25) is 0 Å². The smallest absolute Gasteiger partial charge is 0.119 e. The Balaban J connectivity index is 1.81. The molecule has 1 fully saturated rings. The highest BCUT2D eigenvalue weighted by Gasteiger charge is 2.23. The molecule has 0 aromatic heterocycles. The van der Waals surface area contributed by atoms with Crippen LogP contribution in [0.4, 0.5) is 0 Å². The summed E-state index contributed by atoms with van der Waals surface area (Å²) in [6.45, 7) is 6.33. The molecule has 1 saturated heterocycles. The zero-order valence-corrected chi connectivity index (χ0v) is 13.2. The molecular weight excluding hydrogens is 268 g/mol. The SMILES string of the molecule is C[C@@H]1CCC[C@H](C)N1CCOc1ccc(C(N)=S)cc1. The summed E-state index contributed by atoms with van der Waals surface area (Å²) in [6, 6.07) is 9.00. The number of hydrogen-bond donors (Lipinski definition) is 1. The van der Waals surface area contributed by atoms with Gasteiger partial charge in [-0.15, -0.1) is 0 Å². The molecule has 2 N–H and O–H groups in total. The van der Waals surface area contributed by atoms with Crippen molar-refractivity contribution in [3.8, 4) is 5.75 Å². The number of ether oxygens (including phenoxy) is 1. The molecule has 1 aromatic rings. The van der Waals surface area contributed by atoms with Gasteiger partial charge < -0.3 is 10.5 Å². The Bertz CT molecular complexity index is 436. The molecule has 0 bridgehead atoms. The zero-order chi connectivity index (χ0) is 14.5. The topological polar surface area (TPSA) is 38.5 Å². The summed E-state index contributed by atoms with van der Waals surface area (Å²) < 4.78 is 5.81. The number of nitrogens with two attached hydrogens (primary N) is 1. The van der Waals surface area contributed by atoms with E-state index < -0.39 is 0 Å². The maximum atomic E-state index is 5.81. The van der Waals surface area contributed by atoms with E-state index in [0.717, 1.165) is 24.5 Å².